The summed E-state index contributed by atoms with van der Waals surface area (Å²) in [5.41, 5.74) is 1.28. The van der Waals surface area contributed by atoms with Gasteiger partial charge in [-0.2, -0.15) is 0 Å². The molecule has 0 radical (unpaired) electrons. The number of rotatable bonds is 5. The van der Waals surface area contributed by atoms with Gasteiger partial charge in [0.25, 0.3) is 0 Å². The second kappa shape index (κ2) is 6.85. The topological polar surface area (TPSA) is 71.3 Å². The Kier molecular flexibility index (Phi) is 5.10. The first-order valence-corrected chi connectivity index (χ1v) is 7.57. The Bertz CT molecular complexity index is 721. The molecular formula is C15H17FN2O3S. The monoisotopic (exact) mass is 324 g/mol. The van der Waals surface area contributed by atoms with Crippen LogP contribution in [0.2, 0.25) is 0 Å². The summed E-state index contributed by atoms with van der Waals surface area (Å²) in [6.45, 7) is 3.54. The summed E-state index contributed by atoms with van der Waals surface area (Å²) in [7, 11) is 0. The number of benzene rings is 1. The molecule has 1 atom stereocenters. The number of nitrogens with one attached hydrogen (secondary N) is 1. The average molecular weight is 324 g/mol. The summed E-state index contributed by atoms with van der Waals surface area (Å²) in [6, 6.07) is 5.42. The number of aliphatic hydroxyl groups excluding tert-OH is 1. The van der Waals surface area contributed by atoms with Crippen LogP contribution in [0.4, 0.5) is 4.39 Å². The number of nitrogens with zero attached hydrogens (tertiary/aromatic N) is 1. The van der Waals surface area contributed by atoms with Crippen molar-refractivity contribution in [3.05, 3.63) is 55.9 Å². The third-order valence-electron chi connectivity index (χ3n) is 3.42. The molecule has 1 unspecified atom stereocenters. The van der Waals surface area contributed by atoms with Crippen molar-refractivity contribution in [2.75, 3.05) is 6.54 Å². The van der Waals surface area contributed by atoms with E-state index in [-0.39, 0.29) is 29.7 Å². The number of aromatic nitrogens is 1. The van der Waals surface area contributed by atoms with Gasteiger partial charge in [0.15, 0.2) is 0 Å². The maximum absolute atomic E-state index is 12.8. The minimum atomic E-state index is -0.924. The van der Waals surface area contributed by atoms with Crippen LogP contribution in [0.15, 0.2) is 29.1 Å². The maximum Gasteiger partial charge on any atom is 0.308 e. The highest BCUT2D eigenvalue weighted by molar-refractivity contribution is 7.09. The van der Waals surface area contributed by atoms with E-state index in [2.05, 4.69) is 5.32 Å². The summed E-state index contributed by atoms with van der Waals surface area (Å²) in [5.74, 6) is -0.744. The molecule has 1 aromatic heterocycles. The van der Waals surface area contributed by atoms with E-state index in [1.807, 2.05) is 6.92 Å². The van der Waals surface area contributed by atoms with E-state index in [1.165, 1.54) is 28.8 Å². The van der Waals surface area contributed by atoms with E-state index in [1.54, 1.807) is 6.92 Å². The van der Waals surface area contributed by atoms with Gasteiger partial charge in [0.2, 0.25) is 5.91 Å². The van der Waals surface area contributed by atoms with Crippen molar-refractivity contribution in [2.24, 2.45) is 0 Å². The molecule has 0 saturated carbocycles. The van der Waals surface area contributed by atoms with Gasteiger partial charge in [-0.3, -0.25) is 14.2 Å². The van der Waals surface area contributed by atoms with Crippen LogP contribution < -0.4 is 10.2 Å². The summed E-state index contributed by atoms with van der Waals surface area (Å²) >= 11 is 1.10. The summed E-state index contributed by atoms with van der Waals surface area (Å²) in [6.07, 6.45) is -0.924. The van der Waals surface area contributed by atoms with Crippen LogP contribution >= 0.6 is 11.3 Å². The Morgan fingerprint density at radius 2 is 2.00 bits per heavy atom. The largest absolute Gasteiger partial charge is 0.387 e. The van der Waals surface area contributed by atoms with E-state index in [4.69, 9.17) is 0 Å². The lowest BCUT2D eigenvalue weighted by atomic mass is 10.1. The van der Waals surface area contributed by atoms with Gasteiger partial charge in [0.05, 0.1) is 6.10 Å². The van der Waals surface area contributed by atoms with Crippen molar-refractivity contribution < 1.29 is 14.3 Å². The first-order chi connectivity index (χ1) is 10.4. The van der Waals surface area contributed by atoms with Crippen molar-refractivity contribution in [3.8, 4) is 0 Å². The Morgan fingerprint density at radius 3 is 2.55 bits per heavy atom. The molecule has 0 aliphatic carbocycles. The van der Waals surface area contributed by atoms with E-state index in [9.17, 15) is 19.1 Å². The normalized spacial score (nSPS) is 12.2. The molecule has 5 nitrogen and oxygen atoms in total. The van der Waals surface area contributed by atoms with Crippen LogP contribution in [-0.2, 0) is 11.3 Å². The highest BCUT2D eigenvalue weighted by Crippen LogP contribution is 2.12. The van der Waals surface area contributed by atoms with Crippen molar-refractivity contribution >= 4 is 17.2 Å². The third-order valence-corrected chi connectivity index (χ3v) is 4.42. The van der Waals surface area contributed by atoms with Crippen LogP contribution in [-0.4, -0.2) is 22.1 Å². The van der Waals surface area contributed by atoms with Crippen molar-refractivity contribution in [3.63, 3.8) is 0 Å². The quantitative estimate of drug-likeness (QED) is 0.876. The van der Waals surface area contributed by atoms with Crippen molar-refractivity contribution in [2.45, 2.75) is 26.5 Å². The Labute approximate surface area is 131 Å². The number of hydrogen-bond acceptors (Lipinski definition) is 4. The number of aryl methyl sites for hydroxylation is 1. The van der Waals surface area contributed by atoms with E-state index >= 15 is 0 Å². The molecule has 2 N–H and O–H groups in total. The van der Waals surface area contributed by atoms with E-state index < -0.39 is 6.10 Å². The predicted molar refractivity (Wildman–Crippen MR) is 82.4 cm³/mol. The maximum atomic E-state index is 12.8. The Morgan fingerprint density at radius 1 is 1.36 bits per heavy atom. The number of carbonyl (C=O) groups is 1. The number of hydrogen-bond donors (Lipinski definition) is 2. The lowest BCUT2D eigenvalue weighted by molar-refractivity contribution is -0.122. The van der Waals surface area contributed by atoms with Gasteiger partial charge >= 0.3 is 4.87 Å². The van der Waals surface area contributed by atoms with Crippen LogP contribution in [0.25, 0.3) is 0 Å². The molecule has 0 bridgehead atoms. The fourth-order valence-electron chi connectivity index (χ4n) is 1.98. The number of aliphatic hydroxyl groups is 1. The van der Waals surface area contributed by atoms with Crippen LogP contribution in [0.5, 0.6) is 0 Å². The third kappa shape index (κ3) is 3.80. The van der Waals surface area contributed by atoms with Gasteiger partial charge in [-0.05, 0) is 31.5 Å². The molecule has 2 aromatic rings. The molecular weight excluding hydrogens is 307 g/mol. The molecule has 7 heteroatoms. The zero-order valence-corrected chi connectivity index (χ0v) is 13.1. The molecule has 1 aromatic carbocycles. The zero-order chi connectivity index (χ0) is 16.3. The molecule has 0 aliphatic heterocycles. The summed E-state index contributed by atoms with van der Waals surface area (Å²) in [5, 5.41) is 12.5. The lowest BCUT2D eigenvalue weighted by Gasteiger charge is -2.12. The van der Waals surface area contributed by atoms with Crippen molar-refractivity contribution in [1.29, 1.82) is 0 Å². The second-order valence-corrected chi connectivity index (χ2v) is 6.13. The first kappa shape index (κ1) is 16.4. The molecule has 1 amide bonds. The SMILES string of the molecule is Cc1sc(=O)n(CC(=O)NCC(O)c2ccc(F)cc2)c1C. The standard InChI is InChI=1S/C15H17FN2O3S/c1-9-10(2)22-15(21)18(9)8-14(20)17-7-13(19)11-3-5-12(16)6-4-11/h3-6,13,19H,7-8H2,1-2H3,(H,17,20). The van der Waals surface area contributed by atoms with Crippen LogP contribution in [0, 0.1) is 19.7 Å². The van der Waals surface area contributed by atoms with Gasteiger partial charge in [-0.25, -0.2) is 4.39 Å². The van der Waals surface area contributed by atoms with Gasteiger partial charge in [0, 0.05) is 17.1 Å². The van der Waals surface area contributed by atoms with Gasteiger partial charge < -0.3 is 10.4 Å². The highest BCUT2D eigenvalue weighted by Gasteiger charge is 2.13. The van der Waals surface area contributed by atoms with Crippen LogP contribution in [0.3, 0.4) is 0 Å². The fraction of sp³-hybridized carbons (Fsp3) is 0.333. The molecule has 2 rings (SSSR count). The highest BCUT2D eigenvalue weighted by atomic mass is 32.1. The molecule has 1 heterocycles. The molecule has 0 saturated heterocycles. The minimum absolute atomic E-state index is 0.00137. The Hall–Kier alpha value is -1.99. The van der Waals surface area contributed by atoms with E-state index in [0.717, 1.165) is 21.9 Å². The second-order valence-electron chi connectivity index (χ2n) is 4.97. The molecule has 0 fully saturated rings. The van der Waals surface area contributed by atoms with Crippen molar-refractivity contribution in [1.82, 2.24) is 9.88 Å². The number of halogens is 1. The van der Waals surface area contributed by atoms with Gasteiger partial charge in [-0.1, -0.05) is 23.5 Å². The first-order valence-electron chi connectivity index (χ1n) is 6.75. The average Bonchev–Trinajstić information content (AvgIpc) is 2.72. The molecule has 0 spiro atoms. The summed E-state index contributed by atoms with van der Waals surface area (Å²) in [4.78, 5) is 24.3. The number of amides is 1. The van der Waals surface area contributed by atoms with E-state index in [0.29, 0.717) is 5.56 Å². The lowest BCUT2D eigenvalue weighted by Crippen LogP contribution is -2.33. The number of carbonyl (C=O) groups excluding carboxylic acids is 1. The van der Waals surface area contributed by atoms with Gasteiger partial charge in [0.1, 0.15) is 12.4 Å². The van der Waals surface area contributed by atoms with Crippen LogP contribution in [0.1, 0.15) is 22.2 Å². The van der Waals surface area contributed by atoms with Gasteiger partial charge in [-0.15, -0.1) is 0 Å². The zero-order valence-electron chi connectivity index (χ0n) is 12.3. The minimum Gasteiger partial charge on any atom is -0.387 e. The molecule has 118 valence electrons. The molecule has 0 aliphatic rings. The summed E-state index contributed by atoms with van der Waals surface area (Å²) < 4.78 is 14.2. The number of thiazole rings is 1. The Balaban J connectivity index is 1.92. The molecule has 22 heavy (non-hydrogen) atoms. The fourth-order valence-corrected chi connectivity index (χ4v) is 2.81. The predicted octanol–water partition coefficient (Wildman–Crippen LogP) is 1.52. The smallest absolute Gasteiger partial charge is 0.308 e.